The predicted molar refractivity (Wildman–Crippen MR) is 238 cm³/mol. The standard InChI is InChI=1S/C56H45N/c1-2-9-39(10-3-1)40-17-19-41(20-18-40)42-21-25-47(26-22-42)57(48-27-23-44(24-28-48)51-15-8-12-43-11-4-5-13-50(43)51)49-29-30-53-52-14-6-7-16-54(52)56(55(53)36-49)45-32-37-31-38(34-45)35-46(56)33-37/h1-30,36-38,45-46H,31-35H2. The summed E-state index contributed by atoms with van der Waals surface area (Å²) in [5.74, 6) is 3.30. The molecule has 1 spiro atoms. The highest BCUT2D eigenvalue weighted by molar-refractivity contribution is 5.97. The Morgan fingerprint density at radius 2 is 0.842 bits per heavy atom. The highest BCUT2D eigenvalue weighted by Crippen LogP contribution is 2.69. The summed E-state index contributed by atoms with van der Waals surface area (Å²) in [5.41, 5.74) is 17.3. The lowest BCUT2D eigenvalue weighted by molar-refractivity contribution is -0.0399. The molecule has 274 valence electrons. The molecule has 0 atom stereocenters. The van der Waals surface area contributed by atoms with Gasteiger partial charge in [-0.1, -0.05) is 152 Å². The topological polar surface area (TPSA) is 3.24 Å². The molecular weight excluding hydrogens is 687 g/mol. The molecule has 0 aliphatic heterocycles. The lowest BCUT2D eigenvalue weighted by Gasteiger charge is -2.61. The second-order valence-corrected chi connectivity index (χ2v) is 17.3. The molecule has 8 aromatic carbocycles. The molecule has 0 N–H and O–H groups in total. The smallest absolute Gasteiger partial charge is 0.0465 e. The van der Waals surface area contributed by atoms with Crippen LogP contribution >= 0.6 is 0 Å². The van der Waals surface area contributed by atoms with Crippen LogP contribution < -0.4 is 4.90 Å². The molecule has 8 aromatic rings. The molecule has 5 aliphatic carbocycles. The van der Waals surface area contributed by atoms with Crippen LogP contribution in [-0.4, -0.2) is 0 Å². The molecule has 0 heterocycles. The van der Waals surface area contributed by atoms with Gasteiger partial charge in [0.2, 0.25) is 0 Å². The van der Waals surface area contributed by atoms with Gasteiger partial charge < -0.3 is 4.90 Å². The second-order valence-electron chi connectivity index (χ2n) is 17.3. The number of rotatable bonds is 6. The highest BCUT2D eigenvalue weighted by atomic mass is 15.1. The Kier molecular flexibility index (Phi) is 7.49. The molecule has 1 nitrogen and oxygen atoms in total. The van der Waals surface area contributed by atoms with Crippen molar-refractivity contribution in [2.75, 3.05) is 4.90 Å². The van der Waals surface area contributed by atoms with E-state index in [1.807, 2.05) is 0 Å². The van der Waals surface area contributed by atoms with Crippen LogP contribution in [0.1, 0.15) is 43.2 Å². The van der Waals surface area contributed by atoms with Gasteiger partial charge in [0.05, 0.1) is 0 Å². The van der Waals surface area contributed by atoms with E-state index in [-0.39, 0.29) is 5.41 Å². The van der Waals surface area contributed by atoms with Crippen molar-refractivity contribution in [2.45, 2.75) is 37.5 Å². The van der Waals surface area contributed by atoms with Crippen LogP contribution in [0.3, 0.4) is 0 Å². The Balaban J connectivity index is 0.974. The second kappa shape index (κ2) is 12.9. The van der Waals surface area contributed by atoms with Crippen molar-refractivity contribution in [2.24, 2.45) is 23.7 Å². The minimum Gasteiger partial charge on any atom is -0.310 e. The Labute approximate surface area is 336 Å². The highest BCUT2D eigenvalue weighted by Gasteiger charge is 2.61. The Morgan fingerprint density at radius 1 is 0.351 bits per heavy atom. The first-order valence-corrected chi connectivity index (χ1v) is 21.1. The zero-order valence-corrected chi connectivity index (χ0v) is 32.2. The lowest BCUT2D eigenvalue weighted by Crippen LogP contribution is -2.55. The zero-order valence-electron chi connectivity index (χ0n) is 32.2. The lowest BCUT2D eigenvalue weighted by atomic mass is 9.43. The maximum absolute atomic E-state index is 2.62. The normalized spacial score (nSPS) is 22.5. The van der Waals surface area contributed by atoms with Gasteiger partial charge in [-0.2, -0.15) is 0 Å². The molecule has 13 rings (SSSR count). The third-order valence-corrected chi connectivity index (χ3v) is 14.5. The van der Waals surface area contributed by atoms with Crippen molar-refractivity contribution >= 4 is 27.8 Å². The van der Waals surface area contributed by atoms with Crippen molar-refractivity contribution in [1.29, 1.82) is 0 Å². The quantitative estimate of drug-likeness (QED) is 0.165. The largest absolute Gasteiger partial charge is 0.310 e. The number of benzene rings is 8. The van der Waals surface area contributed by atoms with Gasteiger partial charge in [0.1, 0.15) is 0 Å². The van der Waals surface area contributed by atoms with Gasteiger partial charge in [0, 0.05) is 22.5 Å². The van der Waals surface area contributed by atoms with Gasteiger partial charge in [0.25, 0.3) is 0 Å². The van der Waals surface area contributed by atoms with Crippen LogP contribution in [0.15, 0.2) is 188 Å². The summed E-state index contributed by atoms with van der Waals surface area (Å²) in [7, 11) is 0. The minimum atomic E-state index is 0.120. The molecule has 0 amide bonds. The predicted octanol–water partition coefficient (Wildman–Crippen LogP) is 15.0. The average Bonchev–Trinajstić information content (AvgIpc) is 3.56. The maximum atomic E-state index is 2.62. The first-order chi connectivity index (χ1) is 28.2. The van der Waals surface area contributed by atoms with Crippen molar-refractivity contribution < 1.29 is 0 Å². The first kappa shape index (κ1) is 33.0. The van der Waals surface area contributed by atoms with Crippen molar-refractivity contribution in [3.63, 3.8) is 0 Å². The van der Waals surface area contributed by atoms with Crippen LogP contribution in [0.5, 0.6) is 0 Å². The monoisotopic (exact) mass is 731 g/mol. The summed E-state index contributed by atoms with van der Waals surface area (Å²) in [6.07, 6.45) is 7.01. The third-order valence-electron chi connectivity index (χ3n) is 14.5. The summed E-state index contributed by atoms with van der Waals surface area (Å²) in [6.45, 7) is 0. The van der Waals surface area contributed by atoms with E-state index in [0.29, 0.717) is 0 Å². The summed E-state index contributed by atoms with van der Waals surface area (Å²) in [4.78, 5) is 2.50. The van der Waals surface area contributed by atoms with Gasteiger partial charge >= 0.3 is 0 Å². The summed E-state index contributed by atoms with van der Waals surface area (Å²) < 4.78 is 0. The number of fused-ring (bicyclic) bond motifs is 4. The summed E-state index contributed by atoms with van der Waals surface area (Å²) >= 11 is 0. The van der Waals surface area contributed by atoms with Crippen LogP contribution in [0.4, 0.5) is 17.1 Å². The number of nitrogens with zero attached hydrogens (tertiary/aromatic N) is 1. The van der Waals surface area contributed by atoms with Crippen LogP contribution in [0, 0.1) is 23.7 Å². The molecular formula is C56H45N. The molecule has 5 aliphatic rings. The molecule has 0 radical (unpaired) electrons. The van der Waals surface area contributed by atoms with E-state index in [1.165, 1.54) is 104 Å². The molecule has 0 saturated heterocycles. The third kappa shape index (κ3) is 5.14. The molecule has 4 fully saturated rings. The molecule has 0 aromatic heterocycles. The number of anilines is 3. The van der Waals surface area contributed by atoms with E-state index >= 15 is 0 Å². The fraction of sp³-hybridized carbons (Fsp3) is 0.179. The Bertz CT molecular complexity index is 2740. The zero-order chi connectivity index (χ0) is 37.5. The van der Waals surface area contributed by atoms with E-state index in [0.717, 1.165) is 23.7 Å². The minimum absolute atomic E-state index is 0.120. The molecule has 1 heteroatoms. The molecule has 57 heavy (non-hydrogen) atoms. The average molecular weight is 732 g/mol. The molecule has 4 bridgehead atoms. The van der Waals surface area contributed by atoms with Gasteiger partial charge in [-0.3, -0.25) is 0 Å². The van der Waals surface area contributed by atoms with Gasteiger partial charge in [-0.05, 0) is 159 Å². The van der Waals surface area contributed by atoms with E-state index in [1.54, 1.807) is 11.1 Å². The maximum Gasteiger partial charge on any atom is 0.0465 e. The van der Waals surface area contributed by atoms with Gasteiger partial charge in [0.15, 0.2) is 0 Å². The Morgan fingerprint density at radius 3 is 1.53 bits per heavy atom. The van der Waals surface area contributed by atoms with Crippen molar-refractivity contribution in [3.8, 4) is 44.5 Å². The van der Waals surface area contributed by atoms with Crippen LogP contribution in [-0.2, 0) is 5.41 Å². The molecule has 0 unspecified atom stereocenters. The number of hydrogen-bond acceptors (Lipinski definition) is 1. The van der Waals surface area contributed by atoms with Crippen molar-refractivity contribution in [1.82, 2.24) is 0 Å². The van der Waals surface area contributed by atoms with Gasteiger partial charge in [-0.15, -0.1) is 0 Å². The fourth-order valence-corrected chi connectivity index (χ4v) is 12.3. The van der Waals surface area contributed by atoms with E-state index in [9.17, 15) is 0 Å². The Hall–Kier alpha value is -6.18. The molecule has 4 saturated carbocycles. The number of hydrogen-bond donors (Lipinski definition) is 0. The van der Waals surface area contributed by atoms with E-state index in [4.69, 9.17) is 0 Å². The van der Waals surface area contributed by atoms with E-state index in [2.05, 4.69) is 193 Å². The summed E-state index contributed by atoms with van der Waals surface area (Å²) in [6, 6.07) is 70.4. The first-order valence-electron chi connectivity index (χ1n) is 21.1. The SMILES string of the molecule is c1ccc(-c2ccc(-c3ccc(N(c4ccc(-c5cccc6ccccc56)cc4)c4ccc5c(c4)C4(c6ccccc6-5)C5CC6CC(C5)CC4C6)cc3)cc2)cc1. The summed E-state index contributed by atoms with van der Waals surface area (Å²) in [5, 5.41) is 2.56. The van der Waals surface area contributed by atoms with Crippen LogP contribution in [0.25, 0.3) is 55.3 Å². The van der Waals surface area contributed by atoms with Crippen LogP contribution in [0.2, 0.25) is 0 Å². The van der Waals surface area contributed by atoms with Crippen molar-refractivity contribution in [3.05, 3.63) is 199 Å². The fourth-order valence-electron chi connectivity index (χ4n) is 12.3. The van der Waals surface area contributed by atoms with E-state index < -0.39 is 0 Å². The van der Waals surface area contributed by atoms with Gasteiger partial charge in [-0.25, -0.2) is 0 Å².